The normalized spacial score (nSPS) is 35.2. The van der Waals surface area contributed by atoms with Crippen molar-refractivity contribution in [1.82, 2.24) is 0 Å². The summed E-state index contributed by atoms with van der Waals surface area (Å²) in [5.74, 6) is 0. The van der Waals surface area contributed by atoms with Gasteiger partial charge in [-0.1, -0.05) is 13.8 Å². The van der Waals surface area contributed by atoms with Gasteiger partial charge >= 0.3 is 0 Å². The highest BCUT2D eigenvalue weighted by atomic mass is 16.5. The van der Waals surface area contributed by atoms with E-state index in [1.54, 1.807) is 7.11 Å². The fourth-order valence-corrected chi connectivity index (χ4v) is 1.54. The Morgan fingerprint density at radius 3 is 1.83 bits per heavy atom. The topological polar surface area (TPSA) is 18.5 Å². The number of rotatable bonds is 1. The van der Waals surface area contributed by atoms with Crippen LogP contribution >= 0.6 is 0 Å². The van der Waals surface area contributed by atoms with Crippen molar-refractivity contribution >= 4 is 0 Å². The molecule has 2 heteroatoms. The fourth-order valence-electron chi connectivity index (χ4n) is 1.54. The minimum atomic E-state index is 0.369. The summed E-state index contributed by atoms with van der Waals surface area (Å²) in [6.45, 7) is 8.20. The molecule has 0 spiro atoms. The van der Waals surface area contributed by atoms with Crippen LogP contribution in [0, 0.1) is 0 Å². The highest BCUT2D eigenvalue weighted by molar-refractivity contribution is 4.72. The minimum absolute atomic E-state index is 0.369. The third kappa shape index (κ3) is 4.07. The monoisotopic (exact) mass is 174 g/mol. The highest BCUT2D eigenvalue weighted by Gasteiger charge is 2.23. The van der Waals surface area contributed by atoms with Crippen LogP contribution in [0.3, 0.4) is 0 Å². The lowest BCUT2D eigenvalue weighted by Crippen LogP contribution is -2.33. The van der Waals surface area contributed by atoms with Gasteiger partial charge < -0.3 is 9.47 Å². The molecule has 1 aliphatic heterocycles. The van der Waals surface area contributed by atoms with E-state index in [0.717, 1.165) is 12.8 Å². The third-order valence-electron chi connectivity index (χ3n) is 1.99. The molecule has 0 aromatic heterocycles. The van der Waals surface area contributed by atoms with E-state index in [9.17, 15) is 0 Å². The molecule has 2 unspecified atom stereocenters. The van der Waals surface area contributed by atoms with Gasteiger partial charge in [-0.05, 0) is 26.7 Å². The molecule has 1 heterocycles. The lowest BCUT2D eigenvalue weighted by molar-refractivity contribution is -0.0907. The Bertz CT molecular complexity index is 94.0. The summed E-state index contributed by atoms with van der Waals surface area (Å²) in [6.07, 6.45) is 3.24. The van der Waals surface area contributed by atoms with E-state index in [1.165, 1.54) is 0 Å². The molecule has 0 amide bonds. The first-order valence-corrected chi connectivity index (χ1v) is 4.90. The van der Waals surface area contributed by atoms with Crippen molar-refractivity contribution in [2.75, 3.05) is 7.11 Å². The van der Waals surface area contributed by atoms with Crippen molar-refractivity contribution in [2.45, 2.75) is 58.8 Å². The van der Waals surface area contributed by atoms with Gasteiger partial charge in [0.1, 0.15) is 0 Å². The zero-order valence-corrected chi connectivity index (χ0v) is 8.96. The average Bonchev–Trinajstić information content (AvgIpc) is 2.06. The summed E-state index contributed by atoms with van der Waals surface area (Å²) in [7, 11) is 1.77. The molecule has 74 valence electrons. The molecule has 1 aliphatic rings. The number of hydrogen-bond acceptors (Lipinski definition) is 2. The van der Waals surface area contributed by atoms with Crippen molar-refractivity contribution in [1.29, 1.82) is 0 Å². The van der Waals surface area contributed by atoms with E-state index in [2.05, 4.69) is 13.8 Å². The molecular weight excluding hydrogens is 152 g/mol. The SMILES string of the molecule is CC.COC1CC(C)O[C@H](C)C1. The fraction of sp³-hybridized carbons (Fsp3) is 1.00. The summed E-state index contributed by atoms with van der Waals surface area (Å²) in [5, 5.41) is 0. The van der Waals surface area contributed by atoms with E-state index in [4.69, 9.17) is 9.47 Å². The van der Waals surface area contributed by atoms with E-state index in [-0.39, 0.29) is 0 Å². The number of hydrogen-bond donors (Lipinski definition) is 0. The van der Waals surface area contributed by atoms with Crippen LogP contribution in [0.1, 0.15) is 40.5 Å². The first kappa shape index (κ1) is 11.9. The maximum Gasteiger partial charge on any atom is 0.0620 e. The van der Waals surface area contributed by atoms with Gasteiger partial charge in [0, 0.05) is 7.11 Å². The first-order chi connectivity index (χ1) is 5.72. The van der Waals surface area contributed by atoms with Crippen LogP contribution < -0.4 is 0 Å². The second-order valence-electron chi connectivity index (χ2n) is 3.09. The maximum absolute atomic E-state index is 5.54. The van der Waals surface area contributed by atoms with Gasteiger partial charge in [0.25, 0.3) is 0 Å². The summed E-state index contributed by atoms with van der Waals surface area (Å²) in [4.78, 5) is 0. The van der Waals surface area contributed by atoms with Crippen molar-refractivity contribution in [3.63, 3.8) is 0 Å². The van der Waals surface area contributed by atoms with Gasteiger partial charge in [-0.15, -0.1) is 0 Å². The molecule has 0 radical (unpaired) electrons. The van der Waals surface area contributed by atoms with Gasteiger partial charge in [0.2, 0.25) is 0 Å². The standard InChI is InChI=1S/C8H16O2.C2H6/c1-6-4-8(9-3)5-7(2)10-6;1-2/h6-8H,4-5H2,1-3H3;1-2H3/t6-,7?,8?;/m1./s1. The lowest BCUT2D eigenvalue weighted by atomic mass is 10.0. The zero-order valence-electron chi connectivity index (χ0n) is 8.96. The van der Waals surface area contributed by atoms with Gasteiger partial charge in [-0.2, -0.15) is 0 Å². The zero-order chi connectivity index (χ0) is 9.56. The van der Waals surface area contributed by atoms with Crippen LogP contribution in [0.4, 0.5) is 0 Å². The Morgan fingerprint density at radius 2 is 1.50 bits per heavy atom. The van der Waals surface area contributed by atoms with E-state index in [1.807, 2.05) is 13.8 Å². The van der Waals surface area contributed by atoms with Gasteiger partial charge in [-0.25, -0.2) is 0 Å². The second-order valence-corrected chi connectivity index (χ2v) is 3.09. The van der Waals surface area contributed by atoms with Crippen LogP contribution in [0.5, 0.6) is 0 Å². The van der Waals surface area contributed by atoms with Crippen molar-refractivity contribution in [3.05, 3.63) is 0 Å². The molecule has 1 fully saturated rings. The Hall–Kier alpha value is -0.0800. The van der Waals surface area contributed by atoms with Crippen molar-refractivity contribution < 1.29 is 9.47 Å². The molecule has 0 aromatic carbocycles. The van der Waals surface area contributed by atoms with E-state index in [0.29, 0.717) is 18.3 Å². The molecule has 1 rings (SSSR count). The molecule has 0 aromatic rings. The predicted octanol–water partition coefficient (Wildman–Crippen LogP) is 2.62. The smallest absolute Gasteiger partial charge is 0.0620 e. The van der Waals surface area contributed by atoms with Crippen LogP contribution in [0.15, 0.2) is 0 Å². The van der Waals surface area contributed by atoms with Crippen molar-refractivity contribution in [3.8, 4) is 0 Å². The van der Waals surface area contributed by atoms with Crippen LogP contribution in [-0.2, 0) is 9.47 Å². The summed E-state index contributed by atoms with van der Waals surface area (Å²) < 4.78 is 10.8. The van der Waals surface area contributed by atoms with Crippen molar-refractivity contribution in [2.24, 2.45) is 0 Å². The molecule has 0 bridgehead atoms. The lowest BCUT2D eigenvalue weighted by Gasteiger charge is -2.30. The molecule has 0 N–H and O–H groups in total. The van der Waals surface area contributed by atoms with Crippen LogP contribution in [0.25, 0.3) is 0 Å². The summed E-state index contributed by atoms with van der Waals surface area (Å²) in [6, 6.07) is 0. The largest absolute Gasteiger partial charge is 0.381 e. The third-order valence-corrected chi connectivity index (χ3v) is 1.99. The molecular formula is C10H22O2. The summed E-state index contributed by atoms with van der Waals surface area (Å²) >= 11 is 0. The van der Waals surface area contributed by atoms with Gasteiger partial charge in [0.05, 0.1) is 18.3 Å². The molecule has 0 aliphatic carbocycles. The summed E-state index contributed by atoms with van der Waals surface area (Å²) in [5.41, 5.74) is 0. The van der Waals surface area contributed by atoms with E-state index < -0.39 is 0 Å². The molecule has 3 atom stereocenters. The first-order valence-electron chi connectivity index (χ1n) is 4.90. The Kier molecular flexibility index (Phi) is 6.39. The molecule has 2 nitrogen and oxygen atoms in total. The maximum atomic E-state index is 5.54. The molecule has 1 saturated heterocycles. The molecule has 12 heavy (non-hydrogen) atoms. The molecule has 0 saturated carbocycles. The number of ether oxygens (including phenoxy) is 2. The second kappa shape index (κ2) is 6.44. The predicted molar refractivity (Wildman–Crippen MR) is 51.4 cm³/mol. The van der Waals surface area contributed by atoms with Crippen LogP contribution in [0.2, 0.25) is 0 Å². The Balaban J connectivity index is 0.000000561. The van der Waals surface area contributed by atoms with Crippen LogP contribution in [-0.4, -0.2) is 25.4 Å². The van der Waals surface area contributed by atoms with E-state index >= 15 is 0 Å². The highest BCUT2D eigenvalue weighted by Crippen LogP contribution is 2.20. The quantitative estimate of drug-likeness (QED) is 0.608. The minimum Gasteiger partial charge on any atom is -0.381 e. The van der Waals surface area contributed by atoms with Gasteiger partial charge in [-0.3, -0.25) is 0 Å². The van der Waals surface area contributed by atoms with Gasteiger partial charge in [0.15, 0.2) is 0 Å². The average molecular weight is 174 g/mol. The Labute approximate surface area is 76.3 Å². The number of methoxy groups -OCH3 is 1. The Morgan fingerprint density at radius 1 is 1.08 bits per heavy atom.